The zero-order valence-corrected chi connectivity index (χ0v) is 26.6. The number of aromatic nitrogens is 2. The lowest BCUT2D eigenvalue weighted by atomic mass is 9.98. The summed E-state index contributed by atoms with van der Waals surface area (Å²) in [5.41, 5.74) is 7.79. The van der Waals surface area contributed by atoms with Crippen molar-refractivity contribution in [1.29, 1.82) is 0 Å². The van der Waals surface area contributed by atoms with E-state index in [1.165, 1.54) is 6.07 Å². The standard InChI is InChI=1S/C48H32N2/c1-4-14-33(15-5-1)37-28-38(34-16-6-2-7-17-34)30-40(29-37)50-46-23-13-11-21-42(46)44-32-36(25-27-48(44)50)35-24-26-47-43(31-35)41-20-10-12-22-45(41)49(47)39-18-8-3-9-19-39/h1-32H/i1D,2D,4D,5D,6D,7D,14D,15D,16D,17D. The Morgan fingerprint density at radius 2 is 0.740 bits per heavy atom. The topological polar surface area (TPSA) is 9.86 Å². The summed E-state index contributed by atoms with van der Waals surface area (Å²) in [5, 5.41) is 4.14. The SMILES string of the molecule is [2H]c1c([2H])c([2H])c(-c2cc(-c3c([2H])c([2H])c([2H])c([2H])c3[2H])cc(-n3c4ccccc4c4cc(-c5ccc6c(c5)c5ccccc5n6-c5ccccc5)ccc43)c2)c([2H])c1[2H]. The Morgan fingerprint density at radius 1 is 0.300 bits per heavy atom. The third-order valence-corrected chi connectivity index (χ3v) is 9.45. The average Bonchev–Trinajstić information content (AvgIpc) is 3.79. The second kappa shape index (κ2) is 11.5. The molecule has 0 saturated heterocycles. The molecule has 0 aliphatic carbocycles. The second-order valence-electron chi connectivity index (χ2n) is 12.3. The van der Waals surface area contributed by atoms with Gasteiger partial charge in [-0.15, -0.1) is 0 Å². The maximum absolute atomic E-state index is 8.84. The highest BCUT2D eigenvalue weighted by molar-refractivity contribution is 6.12. The summed E-state index contributed by atoms with van der Waals surface area (Å²) < 4.78 is 89.8. The fourth-order valence-electron chi connectivity index (χ4n) is 7.26. The second-order valence-corrected chi connectivity index (χ2v) is 12.3. The van der Waals surface area contributed by atoms with Crippen LogP contribution < -0.4 is 0 Å². The molecule has 8 aromatic carbocycles. The Kier molecular flexibility index (Phi) is 4.60. The van der Waals surface area contributed by atoms with Crippen LogP contribution in [0.15, 0.2) is 194 Å². The summed E-state index contributed by atoms with van der Waals surface area (Å²) in [7, 11) is 0. The van der Waals surface area contributed by atoms with Crippen LogP contribution in [-0.2, 0) is 0 Å². The number of benzene rings is 8. The van der Waals surface area contributed by atoms with Gasteiger partial charge in [0.2, 0.25) is 0 Å². The number of hydrogen-bond donors (Lipinski definition) is 0. The summed E-state index contributed by atoms with van der Waals surface area (Å²) in [5.74, 6) is 0. The number of rotatable bonds is 5. The Morgan fingerprint density at radius 3 is 1.26 bits per heavy atom. The minimum Gasteiger partial charge on any atom is -0.309 e. The molecule has 2 nitrogen and oxygen atoms in total. The van der Waals surface area contributed by atoms with Crippen molar-refractivity contribution in [3.63, 3.8) is 0 Å². The molecule has 2 heteroatoms. The summed E-state index contributed by atoms with van der Waals surface area (Å²) in [4.78, 5) is 0. The lowest BCUT2D eigenvalue weighted by Crippen LogP contribution is -1.96. The Labute approximate surface area is 304 Å². The fraction of sp³-hybridized carbons (Fsp3) is 0. The van der Waals surface area contributed by atoms with Gasteiger partial charge in [-0.3, -0.25) is 0 Å². The van der Waals surface area contributed by atoms with E-state index in [-0.39, 0.29) is 22.3 Å². The Balaban J connectivity index is 1.22. The van der Waals surface area contributed by atoms with Gasteiger partial charge in [-0.2, -0.15) is 0 Å². The lowest BCUT2D eigenvalue weighted by Gasteiger charge is -2.14. The van der Waals surface area contributed by atoms with Gasteiger partial charge < -0.3 is 9.13 Å². The summed E-state index contributed by atoms with van der Waals surface area (Å²) in [6.07, 6.45) is 0. The molecule has 0 N–H and O–H groups in total. The molecule has 0 bridgehead atoms. The molecule has 0 saturated carbocycles. The molecule has 0 spiro atoms. The summed E-state index contributed by atoms with van der Waals surface area (Å²) in [6, 6.07) is 39.6. The van der Waals surface area contributed by atoms with E-state index in [0.717, 1.165) is 60.4 Å². The molecule has 0 atom stereocenters. The van der Waals surface area contributed by atoms with E-state index in [9.17, 15) is 0 Å². The van der Waals surface area contributed by atoms with Crippen LogP contribution in [0.1, 0.15) is 13.7 Å². The molecule has 0 radical (unpaired) electrons. The highest BCUT2D eigenvalue weighted by atomic mass is 15.0. The third kappa shape index (κ3) is 4.57. The van der Waals surface area contributed by atoms with Crippen LogP contribution in [0.5, 0.6) is 0 Å². The Hall–Kier alpha value is -6.64. The molecule has 2 aromatic heterocycles. The van der Waals surface area contributed by atoms with E-state index in [0.29, 0.717) is 5.69 Å². The van der Waals surface area contributed by atoms with Gasteiger partial charge in [-0.25, -0.2) is 0 Å². The normalized spacial score (nSPS) is 14.4. The van der Waals surface area contributed by atoms with Crippen LogP contribution in [0.3, 0.4) is 0 Å². The van der Waals surface area contributed by atoms with Crippen LogP contribution >= 0.6 is 0 Å². The van der Waals surface area contributed by atoms with Gasteiger partial charge >= 0.3 is 0 Å². The van der Waals surface area contributed by atoms with Gasteiger partial charge in [-0.05, 0) is 100 Å². The van der Waals surface area contributed by atoms with Gasteiger partial charge in [0.1, 0.15) is 0 Å². The highest BCUT2D eigenvalue weighted by Crippen LogP contribution is 2.39. The number of fused-ring (bicyclic) bond motifs is 6. The molecular weight excluding hydrogens is 605 g/mol. The van der Waals surface area contributed by atoms with Crippen molar-refractivity contribution in [2.45, 2.75) is 0 Å². The molecule has 50 heavy (non-hydrogen) atoms. The van der Waals surface area contributed by atoms with Crippen molar-refractivity contribution < 1.29 is 13.7 Å². The van der Waals surface area contributed by atoms with Crippen molar-refractivity contribution in [2.75, 3.05) is 0 Å². The smallest absolute Gasteiger partial charge is 0.0629 e. The third-order valence-electron chi connectivity index (χ3n) is 9.45. The predicted octanol–water partition coefficient (Wildman–Crippen LogP) is 12.9. The van der Waals surface area contributed by atoms with Crippen LogP contribution in [-0.4, -0.2) is 9.13 Å². The predicted molar refractivity (Wildman–Crippen MR) is 211 cm³/mol. The molecule has 234 valence electrons. The molecule has 2 heterocycles. The zero-order chi connectivity index (χ0) is 41.7. The van der Waals surface area contributed by atoms with E-state index in [1.807, 2.05) is 53.1 Å². The van der Waals surface area contributed by atoms with Crippen LogP contribution in [0.25, 0.3) is 88.4 Å². The first-order valence-electron chi connectivity index (χ1n) is 21.4. The van der Waals surface area contributed by atoms with Crippen molar-refractivity contribution in [3.8, 4) is 44.8 Å². The van der Waals surface area contributed by atoms with Crippen molar-refractivity contribution in [3.05, 3.63) is 194 Å². The maximum Gasteiger partial charge on any atom is 0.0629 e. The van der Waals surface area contributed by atoms with E-state index < -0.39 is 60.4 Å². The fourth-order valence-corrected chi connectivity index (χ4v) is 7.26. The summed E-state index contributed by atoms with van der Waals surface area (Å²) >= 11 is 0. The van der Waals surface area contributed by atoms with E-state index >= 15 is 0 Å². The average molecular weight is 647 g/mol. The van der Waals surface area contributed by atoms with E-state index in [1.54, 1.807) is 12.1 Å². The van der Waals surface area contributed by atoms with Gasteiger partial charge in [0.25, 0.3) is 0 Å². The number of nitrogens with zero attached hydrogens (tertiary/aromatic N) is 2. The van der Waals surface area contributed by atoms with Crippen molar-refractivity contribution in [1.82, 2.24) is 9.13 Å². The van der Waals surface area contributed by atoms with Gasteiger partial charge in [0.05, 0.1) is 35.8 Å². The first-order valence-corrected chi connectivity index (χ1v) is 16.4. The monoisotopic (exact) mass is 646 g/mol. The number of para-hydroxylation sites is 3. The van der Waals surface area contributed by atoms with Crippen LogP contribution in [0.2, 0.25) is 0 Å². The largest absolute Gasteiger partial charge is 0.309 e. The van der Waals surface area contributed by atoms with Crippen molar-refractivity contribution in [2.24, 2.45) is 0 Å². The van der Waals surface area contributed by atoms with Gasteiger partial charge in [0, 0.05) is 32.9 Å². The highest BCUT2D eigenvalue weighted by Gasteiger charge is 2.17. The minimum atomic E-state index is -0.532. The first-order chi connectivity index (χ1) is 28.9. The quantitative estimate of drug-likeness (QED) is 0.176. The molecule has 0 fully saturated rings. The molecule has 0 amide bonds. The van der Waals surface area contributed by atoms with Crippen LogP contribution in [0.4, 0.5) is 0 Å². The first kappa shape index (κ1) is 20.0. The molecular formula is C48H32N2. The zero-order valence-electron chi connectivity index (χ0n) is 36.6. The van der Waals surface area contributed by atoms with E-state index in [4.69, 9.17) is 13.7 Å². The minimum absolute atomic E-state index is 0.0662. The molecule has 0 aliphatic heterocycles. The maximum atomic E-state index is 8.84. The summed E-state index contributed by atoms with van der Waals surface area (Å²) in [6.45, 7) is 0. The van der Waals surface area contributed by atoms with Gasteiger partial charge in [0.15, 0.2) is 0 Å². The van der Waals surface area contributed by atoms with Crippen LogP contribution in [0, 0.1) is 0 Å². The molecule has 0 unspecified atom stereocenters. The molecule has 0 aliphatic rings. The lowest BCUT2D eigenvalue weighted by molar-refractivity contribution is 1.18. The van der Waals surface area contributed by atoms with Crippen molar-refractivity contribution >= 4 is 43.6 Å². The Bertz CT molecular complexity index is 3300. The molecule has 10 rings (SSSR count). The molecule has 10 aromatic rings. The van der Waals surface area contributed by atoms with E-state index in [2.05, 4.69) is 71.3 Å². The number of hydrogen-bond acceptors (Lipinski definition) is 0. The van der Waals surface area contributed by atoms with Gasteiger partial charge in [-0.1, -0.05) is 127 Å².